The van der Waals surface area contributed by atoms with Crippen LogP contribution in [0.4, 0.5) is 5.82 Å². The van der Waals surface area contributed by atoms with E-state index >= 15 is 0 Å². The van der Waals surface area contributed by atoms with Crippen molar-refractivity contribution in [3.63, 3.8) is 0 Å². The third-order valence-electron chi connectivity index (χ3n) is 4.56. The van der Waals surface area contributed by atoms with Gasteiger partial charge in [-0.15, -0.1) is 0 Å². The van der Waals surface area contributed by atoms with Crippen LogP contribution >= 0.6 is 0 Å². The Hall–Kier alpha value is -2.42. The monoisotopic (exact) mass is 333 g/mol. The van der Waals surface area contributed by atoms with Crippen LogP contribution in [-0.4, -0.2) is 16.5 Å². The van der Waals surface area contributed by atoms with Gasteiger partial charge in [0.15, 0.2) is 0 Å². The molecule has 3 rings (SSSR count). The molecule has 3 heteroatoms. The van der Waals surface area contributed by atoms with Gasteiger partial charge in [-0.1, -0.05) is 58.0 Å². The Labute approximate surface area is 150 Å². The number of hydrogen-bond acceptors (Lipinski definition) is 3. The van der Waals surface area contributed by atoms with Gasteiger partial charge in [0.05, 0.1) is 5.52 Å². The number of anilines is 1. The predicted octanol–water partition coefficient (Wildman–Crippen LogP) is 5.88. The summed E-state index contributed by atoms with van der Waals surface area (Å²) in [6.07, 6.45) is 2.76. The van der Waals surface area contributed by atoms with E-state index in [9.17, 15) is 0 Å². The van der Waals surface area contributed by atoms with E-state index in [2.05, 4.69) is 85.4 Å². The molecule has 0 amide bonds. The Morgan fingerprint density at radius 3 is 2.28 bits per heavy atom. The topological polar surface area (TPSA) is 37.8 Å². The van der Waals surface area contributed by atoms with Crippen molar-refractivity contribution in [2.45, 2.75) is 40.0 Å². The van der Waals surface area contributed by atoms with Gasteiger partial charge in [-0.2, -0.15) is 0 Å². The van der Waals surface area contributed by atoms with Crippen molar-refractivity contribution >= 4 is 16.7 Å². The van der Waals surface area contributed by atoms with E-state index in [1.54, 1.807) is 6.33 Å². The molecule has 0 aliphatic rings. The first-order chi connectivity index (χ1) is 12.0. The fourth-order valence-electron chi connectivity index (χ4n) is 2.92. The summed E-state index contributed by atoms with van der Waals surface area (Å²) in [4.78, 5) is 8.86. The first-order valence-electron chi connectivity index (χ1n) is 9.13. The Morgan fingerprint density at radius 1 is 0.880 bits per heavy atom. The highest BCUT2D eigenvalue weighted by molar-refractivity contribution is 5.92. The third-order valence-corrected chi connectivity index (χ3v) is 4.56. The van der Waals surface area contributed by atoms with Crippen molar-refractivity contribution in [2.24, 2.45) is 5.92 Å². The molecule has 130 valence electrons. The van der Waals surface area contributed by atoms with Crippen LogP contribution in [-0.2, 0) is 0 Å². The average Bonchev–Trinajstić information content (AvgIpc) is 2.61. The minimum absolute atomic E-state index is 0.552. The number of fused-ring (bicyclic) bond motifs is 1. The Bertz CT molecular complexity index is 836. The van der Waals surface area contributed by atoms with Crippen molar-refractivity contribution in [1.82, 2.24) is 9.97 Å². The average molecular weight is 333 g/mol. The van der Waals surface area contributed by atoms with Crippen LogP contribution in [0, 0.1) is 5.92 Å². The Balaban J connectivity index is 1.92. The van der Waals surface area contributed by atoms with Crippen LogP contribution in [0.15, 0.2) is 48.8 Å². The molecule has 1 aromatic heterocycles. The molecule has 0 saturated heterocycles. The molecule has 0 aliphatic carbocycles. The van der Waals surface area contributed by atoms with E-state index < -0.39 is 0 Å². The molecule has 3 nitrogen and oxygen atoms in total. The highest BCUT2D eigenvalue weighted by atomic mass is 15.0. The lowest BCUT2D eigenvalue weighted by Crippen LogP contribution is -2.06. The highest BCUT2D eigenvalue weighted by Crippen LogP contribution is 2.28. The number of benzene rings is 2. The molecule has 2 aromatic carbocycles. The van der Waals surface area contributed by atoms with Crippen molar-refractivity contribution in [3.8, 4) is 11.1 Å². The van der Waals surface area contributed by atoms with Crippen molar-refractivity contribution in [2.75, 3.05) is 11.9 Å². The zero-order chi connectivity index (χ0) is 17.8. The largest absolute Gasteiger partial charge is 0.369 e. The second-order valence-corrected chi connectivity index (χ2v) is 7.34. The highest BCUT2D eigenvalue weighted by Gasteiger charge is 2.07. The summed E-state index contributed by atoms with van der Waals surface area (Å²) in [5.74, 6) is 2.15. The third kappa shape index (κ3) is 4.16. The molecule has 3 aromatic rings. The molecule has 0 radical (unpaired) electrons. The van der Waals surface area contributed by atoms with E-state index in [1.165, 1.54) is 16.7 Å². The van der Waals surface area contributed by atoms with Gasteiger partial charge in [-0.3, -0.25) is 0 Å². The van der Waals surface area contributed by atoms with Crippen LogP contribution in [0.3, 0.4) is 0 Å². The molecule has 0 unspecified atom stereocenters. The van der Waals surface area contributed by atoms with E-state index in [-0.39, 0.29) is 0 Å². The number of nitrogens with zero attached hydrogens (tertiary/aromatic N) is 2. The summed E-state index contributed by atoms with van der Waals surface area (Å²) in [5.41, 5.74) is 4.77. The van der Waals surface area contributed by atoms with E-state index in [1.807, 2.05) is 0 Å². The fourth-order valence-corrected chi connectivity index (χ4v) is 2.92. The van der Waals surface area contributed by atoms with Gasteiger partial charge in [0.25, 0.3) is 0 Å². The maximum Gasteiger partial charge on any atom is 0.137 e. The summed E-state index contributed by atoms with van der Waals surface area (Å²) in [7, 11) is 0. The Kier molecular flexibility index (Phi) is 5.32. The van der Waals surface area contributed by atoms with Gasteiger partial charge in [-0.05, 0) is 47.1 Å². The first-order valence-corrected chi connectivity index (χ1v) is 9.13. The molecule has 0 bridgehead atoms. The lowest BCUT2D eigenvalue weighted by molar-refractivity contribution is 0.607. The van der Waals surface area contributed by atoms with Gasteiger partial charge in [-0.25, -0.2) is 9.97 Å². The van der Waals surface area contributed by atoms with E-state index in [4.69, 9.17) is 0 Å². The molecule has 25 heavy (non-hydrogen) atoms. The van der Waals surface area contributed by atoms with Crippen molar-refractivity contribution in [3.05, 3.63) is 54.4 Å². The predicted molar refractivity (Wildman–Crippen MR) is 107 cm³/mol. The second kappa shape index (κ2) is 7.64. The van der Waals surface area contributed by atoms with Crippen LogP contribution in [0.1, 0.15) is 45.6 Å². The smallest absolute Gasteiger partial charge is 0.137 e. The number of hydrogen-bond donors (Lipinski definition) is 1. The van der Waals surface area contributed by atoms with Crippen LogP contribution < -0.4 is 5.32 Å². The van der Waals surface area contributed by atoms with Gasteiger partial charge in [0.1, 0.15) is 12.1 Å². The van der Waals surface area contributed by atoms with Crippen LogP contribution in [0.25, 0.3) is 22.0 Å². The zero-order valence-corrected chi connectivity index (χ0v) is 15.6. The lowest BCUT2D eigenvalue weighted by Gasteiger charge is -2.11. The second-order valence-electron chi connectivity index (χ2n) is 7.34. The molecule has 0 aliphatic heterocycles. The summed E-state index contributed by atoms with van der Waals surface area (Å²) < 4.78 is 0. The standard InChI is InChI=1S/C22H27N3/c1-15(2)11-12-23-22-20-13-19(9-10-21(20)24-14-25-22)18-7-5-17(6-8-18)16(3)4/h5-10,13-16H,11-12H2,1-4H3,(H,23,24,25). The zero-order valence-electron chi connectivity index (χ0n) is 15.6. The fraction of sp³-hybridized carbons (Fsp3) is 0.364. The normalized spacial score (nSPS) is 11.4. The first kappa shape index (κ1) is 17.4. The maximum absolute atomic E-state index is 4.45. The quantitative estimate of drug-likeness (QED) is 0.612. The number of nitrogens with one attached hydrogen (secondary N) is 1. The molecule has 1 N–H and O–H groups in total. The van der Waals surface area contributed by atoms with Crippen LogP contribution in [0.5, 0.6) is 0 Å². The maximum atomic E-state index is 4.45. The van der Waals surface area contributed by atoms with Gasteiger partial charge in [0, 0.05) is 11.9 Å². The number of rotatable bonds is 6. The lowest BCUT2D eigenvalue weighted by atomic mass is 9.98. The summed E-state index contributed by atoms with van der Waals surface area (Å²) >= 11 is 0. The molecule has 0 fully saturated rings. The van der Waals surface area contributed by atoms with Gasteiger partial charge in [0.2, 0.25) is 0 Å². The van der Waals surface area contributed by atoms with Crippen LogP contribution in [0.2, 0.25) is 0 Å². The molecule has 0 saturated carbocycles. The minimum atomic E-state index is 0.552. The van der Waals surface area contributed by atoms with Crippen molar-refractivity contribution in [1.29, 1.82) is 0 Å². The van der Waals surface area contributed by atoms with Crippen molar-refractivity contribution < 1.29 is 0 Å². The molecule has 0 spiro atoms. The molecule has 1 heterocycles. The molecular weight excluding hydrogens is 306 g/mol. The van der Waals surface area contributed by atoms with Gasteiger partial charge < -0.3 is 5.32 Å². The number of aromatic nitrogens is 2. The summed E-state index contributed by atoms with van der Waals surface area (Å²) in [6, 6.07) is 15.2. The SMILES string of the molecule is CC(C)CCNc1ncnc2ccc(-c3ccc(C(C)C)cc3)cc12. The molecule has 0 atom stereocenters. The summed E-state index contributed by atoms with van der Waals surface area (Å²) in [5, 5.41) is 4.55. The summed E-state index contributed by atoms with van der Waals surface area (Å²) in [6.45, 7) is 9.84. The van der Waals surface area contributed by atoms with E-state index in [0.29, 0.717) is 11.8 Å². The Morgan fingerprint density at radius 2 is 1.60 bits per heavy atom. The minimum Gasteiger partial charge on any atom is -0.369 e. The molecular formula is C22H27N3. The van der Waals surface area contributed by atoms with E-state index in [0.717, 1.165) is 29.7 Å². The van der Waals surface area contributed by atoms with Gasteiger partial charge >= 0.3 is 0 Å².